The first kappa shape index (κ1) is 12.1. The number of nitrogens with zero attached hydrogens (tertiary/aromatic N) is 2. The van der Waals surface area contributed by atoms with Gasteiger partial charge in [-0.25, -0.2) is 0 Å². The maximum absolute atomic E-state index is 5.68. The van der Waals surface area contributed by atoms with Crippen LogP contribution in [0.3, 0.4) is 0 Å². The molecule has 0 bridgehead atoms. The molecule has 0 spiro atoms. The van der Waals surface area contributed by atoms with Crippen molar-refractivity contribution < 1.29 is 4.74 Å². The third-order valence-electron chi connectivity index (χ3n) is 3.44. The average Bonchev–Trinajstić information content (AvgIpc) is 2.73. The third kappa shape index (κ3) is 3.58. The third-order valence-corrected chi connectivity index (χ3v) is 3.44. The molecule has 3 nitrogen and oxygen atoms in total. The fraction of sp³-hybridized carbons (Fsp3) is 0.846. The van der Waals surface area contributed by atoms with E-state index < -0.39 is 0 Å². The van der Waals surface area contributed by atoms with Gasteiger partial charge in [-0.05, 0) is 19.8 Å². The molecular weight excluding hydrogens is 200 g/mol. The highest BCUT2D eigenvalue weighted by Crippen LogP contribution is 2.14. The second kappa shape index (κ2) is 5.80. The molecule has 2 heterocycles. The molecule has 0 aromatic heterocycles. The average molecular weight is 224 g/mol. The largest absolute Gasteiger partial charge is 0.377 e. The molecule has 0 amide bonds. The van der Waals surface area contributed by atoms with Crippen LogP contribution in [0.4, 0.5) is 0 Å². The number of rotatable bonds is 4. The molecule has 0 aromatic carbocycles. The van der Waals surface area contributed by atoms with Crippen LogP contribution in [-0.4, -0.2) is 61.8 Å². The smallest absolute Gasteiger partial charge is 0.0702 e. The maximum atomic E-state index is 5.68. The van der Waals surface area contributed by atoms with E-state index in [2.05, 4.69) is 23.3 Å². The number of hydrogen-bond donors (Lipinski definition) is 0. The van der Waals surface area contributed by atoms with Crippen LogP contribution in [0.15, 0.2) is 12.2 Å². The summed E-state index contributed by atoms with van der Waals surface area (Å²) in [6.07, 6.45) is 3.01. The van der Waals surface area contributed by atoms with Crippen LogP contribution >= 0.6 is 0 Å². The Bertz CT molecular complexity index is 228. The lowest BCUT2D eigenvalue weighted by Gasteiger charge is -2.35. The second-order valence-corrected chi connectivity index (χ2v) is 5.17. The summed E-state index contributed by atoms with van der Waals surface area (Å²) < 4.78 is 5.68. The summed E-state index contributed by atoms with van der Waals surface area (Å²) in [6, 6.07) is 0. The Kier molecular flexibility index (Phi) is 4.38. The minimum atomic E-state index is 0.507. The zero-order valence-corrected chi connectivity index (χ0v) is 10.5. The molecule has 2 aliphatic rings. The van der Waals surface area contributed by atoms with E-state index in [-0.39, 0.29) is 0 Å². The van der Waals surface area contributed by atoms with Crippen molar-refractivity contribution >= 4 is 0 Å². The van der Waals surface area contributed by atoms with E-state index in [1.807, 2.05) is 0 Å². The van der Waals surface area contributed by atoms with Gasteiger partial charge in [0.05, 0.1) is 6.10 Å². The van der Waals surface area contributed by atoms with E-state index in [1.54, 1.807) is 0 Å². The lowest BCUT2D eigenvalue weighted by molar-refractivity contribution is 0.0522. The minimum absolute atomic E-state index is 0.507. The highest BCUT2D eigenvalue weighted by atomic mass is 16.5. The van der Waals surface area contributed by atoms with Crippen LogP contribution in [0.25, 0.3) is 0 Å². The standard InChI is InChI=1S/C13H24N2O/c1-12(2)10-14-5-7-15(8-6-14)11-13-4-3-9-16-13/h13H,1,3-11H2,2H3/t13-/m0/s1. The Morgan fingerprint density at radius 1 is 1.25 bits per heavy atom. The first-order valence-electron chi connectivity index (χ1n) is 6.45. The molecule has 0 saturated carbocycles. The van der Waals surface area contributed by atoms with Crippen molar-refractivity contribution in [2.45, 2.75) is 25.9 Å². The van der Waals surface area contributed by atoms with Crippen molar-refractivity contribution in [3.63, 3.8) is 0 Å². The maximum Gasteiger partial charge on any atom is 0.0702 e. The lowest BCUT2D eigenvalue weighted by Crippen LogP contribution is -2.48. The second-order valence-electron chi connectivity index (χ2n) is 5.17. The quantitative estimate of drug-likeness (QED) is 0.671. The van der Waals surface area contributed by atoms with Gasteiger partial charge in [-0.15, -0.1) is 0 Å². The monoisotopic (exact) mass is 224 g/mol. The summed E-state index contributed by atoms with van der Waals surface area (Å²) in [4.78, 5) is 5.04. The molecule has 0 unspecified atom stereocenters. The molecule has 0 aromatic rings. The van der Waals surface area contributed by atoms with Gasteiger partial charge in [-0.2, -0.15) is 0 Å². The zero-order chi connectivity index (χ0) is 11.4. The summed E-state index contributed by atoms with van der Waals surface area (Å²) in [6.45, 7) is 14.0. The van der Waals surface area contributed by atoms with Gasteiger partial charge in [-0.1, -0.05) is 12.2 Å². The van der Waals surface area contributed by atoms with E-state index in [9.17, 15) is 0 Å². The molecule has 0 radical (unpaired) electrons. The first-order chi connectivity index (χ1) is 7.74. The number of hydrogen-bond acceptors (Lipinski definition) is 3. The van der Waals surface area contributed by atoms with Crippen molar-refractivity contribution in [3.05, 3.63) is 12.2 Å². The van der Waals surface area contributed by atoms with Crippen LogP contribution < -0.4 is 0 Å². The Hall–Kier alpha value is -0.380. The van der Waals surface area contributed by atoms with Gasteiger partial charge in [0.15, 0.2) is 0 Å². The Balaban J connectivity index is 1.66. The number of piperazine rings is 1. The van der Waals surface area contributed by atoms with Gasteiger partial charge < -0.3 is 4.74 Å². The van der Waals surface area contributed by atoms with Gasteiger partial charge >= 0.3 is 0 Å². The first-order valence-corrected chi connectivity index (χ1v) is 6.45. The SMILES string of the molecule is C=C(C)CN1CCN(C[C@@H]2CCCO2)CC1. The Morgan fingerprint density at radius 3 is 2.50 bits per heavy atom. The summed E-state index contributed by atoms with van der Waals surface area (Å²) in [5, 5.41) is 0. The van der Waals surface area contributed by atoms with E-state index in [0.717, 1.165) is 19.7 Å². The molecule has 92 valence electrons. The van der Waals surface area contributed by atoms with E-state index in [4.69, 9.17) is 4.74 Å². The van der Waals surface area contributed by atoms with Crippen molar-refractivity contribution in [2.75, 3.05) is 45.9 Å². The van der Waals surface area contributed by atoms with Crippen molar-refractivity contribution in [3.8, 4) is 0 Å². The van der Waals surface area contributed by atoms with Crippen LogP contribution in [-0.2, 0) is 4.74 Å². The van der Waals surface area contributed by atoms with E-state index >= 15 is 0 Å². The van der Waals surface area contributed by atoms with Crippen LogP contribution in [0.5, 0.6) is 0 Å². The van der Waals surface area contributed by atoms with Crippen molar-refractivity contribution in [2.24, 2.45) is 0 Å². The molecule has 3 heteroatoms. The van der Waals surface area contributed by atoms with Gasteiger partial charge in [0.2, 0.25) is 0 Å². The van der Waals surface area contributed by atoms with Crippen LogP contribution in [0.2, 0.25) is 0 Å². The molecule has 16 heavy (non-hydrogen) atoms. The van der Waals surface area contributed by atoms with Crippen LogP contribution in [0, 0.1) is 0 Å². The molecule has 2 fully saturated rings. The molecule has 1 atom stereocenters. The van der Waals surface area contributed by atoms with Crippen LogP contribution in [0.1, 0.15) is 19.8 Å². The highest BCUT2D eigenvalue weighted by molar-refractivity contribution is 4.93. The number of ether oxygens (including phenoxy) is 1. The van der Waals surface area contributed by atoms with Gasteiger partial charge in [0.1, 0.15) is 0 Å². The molecule has 0 aliphatic carbocycles. The summed E-state index contributed by atoms with van der Waals surface area (Å²) in [5.41, 5.74) is 1.27. The van der Waals surface area contributed by atoms with Gasteiger partial charge in [0.25, 0.3) is 0 Å². The fourth-order valence-electron chi connectivity index (χ4n) is 2.59. The van der Waals surface area contributed by atoms with E-state index in [0.29, 0.717) is 6.10 Å². The Morgan fingerprint density at radius 2 is 1.94 bits per heavy atom. The fourth-order valence-corrected chi connectivity index (χ4v) is 2.59. The highest BCUT2D eigenvalue weighted by Gasteiger charge is 2.22. The minimum Gasteiger partial charge on any atom is -0.377 e. The molecule has 2 aliphatic heterocycles. The summed E-state index contributed by atoms with van der Waals surface area (Å²) >= 11 is 0. The predicted octanol–water partition coefficient (Wildman–Crippen LogP) is 1.36. The topological polar surface area (TPSA) is 15.7 Å². The lowest BCUT2D eigenvalue weighted by atomic mass is 10.2. The molecule has 2 rings (SSSR count). The van der Waals surface area contributed by atoms with E-state index in [1.165, 1.54) is 44.6 Å². The zero-order valence-electron chi connectivity index (χ0n) is 10.5. The molecular formula is C13H24N2O. The summed E-state index contributed by atoms with van der Waals surface area (Å²) in [7, 11) is 0. The van der Waals surface area contributed by atoms with Crippen molar-refractivity contribution in [1.82, 2.24) is 9.80 Å². The van der Waals surface area contributed by atoms with Gasteiger partial charge in [-0.3, -0.25) is 9.80 Å². The molecule has 2 saturated heterocycles. The molecule has 0 N–H and O–H groups in total. The Labute approximate surface area is 99.1 Å². The normalized spacial score (nSPS) is 28.4. The van der Waals surface area contributed by atoms with Gasteiger partial charge in [0, 0.05) is 45.9 Å². The summed E-state index contributed by atoms with van der Waals surface area (Å²) in [5.74, 6) is 0. The van der Waals surface area contributed by atoms with Crippen molar-refractivity contribution in [1.29, 1.82) is 0 Å². The predicted molar refractivity (Wildman–Crippen MR) is 66.7 cm³/mol.